The van der Waals surface area contributed by atoms with Gasteiger partial charge in [-0.25, -0.2) is 4.79 Å². The Bertz CT molecular complexity index is 468. The van der Waals surface area contributed by atoms with Crippen LogP contribution in [0.1, 0.15) is 17.7 Å². The minimum Gasteiger partial charge on any atom is -0.351 e. The largest absolute Gasteiger partial charge is 0.351 e. The molecule has 7 heteroatoms. The lowest BCUT2D eigenvalue weighted by atomic mass is 9.94. The minimum atomic E-state index is -0.269. The highest BCUT2D eigenvalue weighted by Crippen LogP contribution is 2.18. The second-order valence-corrected chi connectivity index (χ2v) is 4.93. The summed E-state index contributed by atoms with van der Waals surface area (Å²) in [7, 11) is 3.27. The van der Waals surface area contributed by atoms with E-state index in [-0.39, 0.29) is 24.5 Å². The van der Waals surface area contributed by atoms with Crippen LogP contribution < -0.4 is 10.6 Å². The number of fused-ring (bicyclic) bond motifs is 1. The lowest BCUT2D eigenvalue weighted by Gasteiger charge is -2.23. The molecule has 3 amide bonds. The number of aromatic amines is 1. The first kappa shape index (κ1) is 13.4. The Labute approximate surface area is 111 Å². The minimum absolute atomic E-state index is 0.00332. The third-order valence-electron chi connectivity index (χ3n) is 3.19. The number of hydrogen-bond acceptors (Lipinski definition) is 3. The first-order valence-corrected chi connectivity index (χ1v) is 6.32. The van der Waals surface area contributed by atoms with Crippen LogP contribution in [0, 0.1) is 0 Å². The maximum atomic E-state index is 11.7. The molecule has 0 saturated carbocycles. The first-order valence-electron chi connectivity index (χ1n) is 6.32. The number of nitrogens with one attached hydrogen (secondary N) is 3. The van der Waals surface area contributed by atoms with Gasteiger partial charge in [0, 0.05) is 32.3 Å². The number of urea groups is 1. The second kappa shape index (κ2) is 5.73. The number of carbonyl (C=O) groups is 2. The van der Waals surface area contributed by atoms with Crippen LogP contribution in [0.4, 0.5) is 4.79 Å². The summed E-state index contributed by atoms with van der Waals surface area (Å²) < 4.78 is 0. The number of H-pyrrole nitrogens is 1. The van der Waals surface area contributed by atoms with Crippen molar-refractivity contribution in [2.45, 2.75) is 25.3 Å². The van der Waals surface area contributed by atoms with Gasteiger partial charge in [-0.1, -0.05) is 0 Å². The van der Waals surface area contributed by atoms with Crippen molar-refractivity contribution in [2.24, 2.45) is 0 Å². The number of rotatable bonds is 3. The van der Waals surface area contributed by atoms with E-state index in [1.165, 1.54) is 10.5 Å². The molecule has 19 heavy (non-hydrogen) atoms. The molecule has 104 valence electrons. The van der Waals surface area contributed by atoms with Gasteiger partial charge >= 0.3 is 6.03 Å². The number of hydrogen-bond donors (Lipinski definition) is 3. The Morgan fingerprint density at radius 2 is 2.32 bits per heavy atom. The van der Waals surface area contributed by atoms with Crippen molar-refractivity contribution < 1.29 is 9.59 Å². The van der Waals surface area contributed by atoms with E-state index in [0.29, 0.717) is 0 Å². The summed E-state index contributed by atoms with van der Waals surface area (Å²) in [6, 6.07) is -0.161. The molecule has 1 atom stereocenters. The summed E-state index contributed by atoms with van der Waals surface area (Å²) >= 11 is 0. The zero-order valence-corrected chi connectivity index (χ0v) is 11.2. The average Bonchev–Trinajstić information content (AvgIpc) is 2.83. The number of nitrogens with zero attached hydrogens (tertiary/aromatic N) is 2. The van der Waals surface area contributed by atoms with Crippen LogP contribution in [-0.2, 0) is 17.6 Å². The van der Waals surface area contributed by atoms with E-state index in [4.69, 9.17) is 0 Å². The van der Waals surface area contributed by atoms with Gasteiger partial charge < -0.3 is 15.5 Å². The summed E-state index contributed by atoms with van der Waals surface area (Å²) in [5.41, 5.74) is 2.32. The molecule has 7 nitrogen and oxygen atoms in total. The van der Waals surface area contributed by atoms with Gasteiger partial charge in [0.25, 0.3) is 0 Å². The maximum Gasteiger partial charge on any atom is 0.317 e. The van der Waals surface area contributed by atoms with Crippen LogP contribution >= 0.6 is 0 Å². The molecule has 1 aromatic rings. The number of aryl methyl sites for hydroxylation is 1. The maximum absolute atomic E-state index is 11.7. The molecule has 1 heterocycles. The Morgan fingerprint density at radius 3 is 3.05 bits per heavy atom. The van der Waals surface area contributed by atoms with Crippen molar-refractivity contribution in [3.63, 3.8) is 0 Å². The third-order valence-corrected chi connectivity index (χ3v) is 3.19. The van der Waals surface area contributed by atoms with E-state index < -0.39 is 0 Å². The van der Waals surface area contributed by atoms with Gasteiger partial charge in [-0.2, -0.15) is 5.10 Å². The zero-order valence-electron chi connectivity index (χ0n) is 11.2. The van der Waals surface area contributed by atoms with Crippen LogP contribution in [-0.4, -0.2) is 53.7 Å². The molecule has 1 aliphatic rings. The number of aromatic nitrogens is 2. The van der Waals surface area contributed by atoms with Crippen LogP contribution in [0.2, 0.25) is 0 Å². The number of amides is 3. The van der Waals surface area contributed by atoms with Crippen LogP contribution in [0.5, 0.6) is 0 Å². The molecule has 0 aromatic carbocycles. The zero-order chi connectivity index (χ0) is 13.8. The molecule has 1 unspecified atom stereocenters. The molecule has 1 aliphatic carbocycles. The van der Waals surface area contributed by atoms with E-state index >= 15 is 0 Å². The average molecular weight is 265 g/mol. The summed E-state index contributed by atoms with van der Waals surface area (Å²) in [4.78, 5) is 24.4. The van der Waals surface area contributed by atoms with Gasteiger partial charge in [-0.3, -0.25) is 9.89 Å². The van der Waals surface area contributed by atoms with Crippen molar-refractivity contribution >= 4 is 11.9 Å². The summed E-state index contributed by atoms with van der Waals surface area (Å²) in [5, 5.41) is 12.4. The topological polar surface area (TPSA) is 90.1 Å². The molecule has 0 saturated heterocycles. The highest BCUT2D eigenvalue weighted by Gasteiger charge is 2.21. The van der Waals surface area contributed by atoms with Gasteiger partial charge in [-0.05, 0) is 18.4 Å². The Kier molecular flexibility index (Phi) is 4.03. The molecule has 1 aromatic heterocycles. The normalized spacial score (nSPS) is 17.5. The van der Waals surface area contributed by atoms with Crippen LogP contribution in [0.15, 0.2) is 6.20 Å². The molecule has 0 bridgehead atoms. The van der Waals surface area contributed by atoms with Gasteiger partial charge in [0.05, 0.1) is 12.7 Å². The molecular formula is C12H19N5O2. The van der Waals surface area contributed by atoms with Gasteiger partial charge in [0.2, 0.25) is 5.91 Å². The quantitative estimate of drug-likeness (QED) is 0.698. The lowest BCUT2D eigenvalue weighted by Crippen LogP contribution is -2.46. The summed E-state index contributed by atoms with van der Waals surface area (Å²) in [6.07, 6.45) is 4.42. The Morgan fingerprint density at radius 1 is 1.53 bits per heavy atom. The highest BCUT2D eigenvalue weighted by atomic mass is 16.2. The van der Waals surface area contributed by atoms with E-state index in [0.717, 1.165) is 25.0 Å². The monoisotopic (exact) mass is 265 g/mol. The van der Waals surface area contributed by atoms with Crippen molar-refractivity contribution in [3.8, 4) is 0 Å². The van der Waals surface area contributed by atoms with Gasteiger partial charge in [0.15, 0.2) is 0 Å². The molecule has 3 N–H and O–H groups in total. The van der Waals surface area contributed by atoms with Crippen molar-refractivity contribution in [1.29, 1.82) is 0 Å². The predicted molar refractivity (Wildman–Crippen MR) is 69.6 cm³/mol. The first-order chi connectivity index (χ1) is 9.06. The van der Waals surface area contributed by atoms with Crippen molar-refractivity contribution in [2.75, 3.05) is 20.6 Å². The second-order valence-electron chi connectivity index (χ2n) is 4.93. The SMILES string of the molecule is CN(C)C(=O)NCC(=O)NC1CCc2cn[nH]c2C1. The number of carbonyl (C=O) groups excluding carboxylic acids is 2. The van der Waals surface area contributed by atoms with E-state index in [1.54, 1.807) is 14.1 Å². The summed E-state index contributed by atoms with van der Waals surface area (Å²) in [6.45, 7) is 0.00332. The van der Waals surface area contributed by atoms with Crippen LogP contribution in [0.25, 0.3) is 0 Å². The molecule has 0 aliphatic heterocycles. The fourth-order valence-electron chi connectivity index (χ4n) is 2.12. The van der Waals surface area contributed by atoms with E-state index in [2.05, 4.69) is 20.8 Å². The fourth-order valence-corrected chi connectivity index (χ4v) is 2.12. The Hall–Kier alpha value is -2.05. The van der Waals surface area contributed by atoms with E-state index in [1.807, 2.05) is 6.20 Å². The van der Waals surface area contributed by atoms with Crippen molar-refractivity contribution in [1.82, 2.24) is 25.7 Å². The standard InChI is InChI=1S/C12H19N5O2/c1-17(2)12(19)13-7-11(18)15-9-4-3-8-6-14-16-10(8)5-9/h6,9H,3-5,7H2,1-2H3,(H,13,19)(H,14,16)(H,15,18). The predicted octanol–water partition coefficient (Wildman–Crippen LogP) is -0.346. The van der Waals surface area contributed by atoms with E-state index in [9.17, 15) is 9.59 Å². The molecule has 0 fully saturated rings. The van der Waals surface area contributed by atoms with Crippen molar-refractivity contribution in [3.05, 3.63) is 17.5 Å². The van der Waals surface area contributed by atoms with Gasteiger partial charge in [0.1, 0.15) is 0 Å². The fraction of sp³-hybridized carbons (Fsp3) is 0.583. The third kappa shape index (κ3) is 3.46. The molecule has 0 spiro atoms. The molecule has 2 rings (SSSR count). The smallest absolute Gasteiger partial charge is 0.317 e. The molecule has 0 radical (unpaired) electrons. The van der Waals surface area contributed by atoms with Crippen LogP contribution in [0.3, 0.4) is 0 Å². The lowest BCUT2D eigenvalue weighted by molar-refractivity contribution is -0.120. The Balaban J connectivity index is 1.76. The van der Waals surface area contributed by atoms with Gasteiger partial charge in [-0.15, -0.1) is 0 Å². The summed E-state index contributed by atoms with van der Waals surface area (Å²) in [5.74, 6) is -0.164. The molecular weight excluding hydrogens is 246 g/mol. The highest BCUT2D eigenvalue weighted by molar-refractivity contribution is 5.83.